The molecule has 0 radical (unpaired) electrons. The van der Waals surface area contributed by atoms with Crippen molar-refractivity contribution in [2.24, 2.45) is 0 Å². The summed E-state index contributed by atoms with van der Waals surface area (Å²) in [4.78, 5) is 31.1. The first-order chi connectivity index (χ1) is 9.01. The summed E-state index contributed by atoms with van der Waals surface area (Å²) in [5.74, 6) is -0.176. The van der Waals surface area contributed by atoms with Gasteiger partial charge in [0.15, 0.2) is 0 Å². The Morgan fingerprint density at radius 3 is 3.00 bits per heavy atom. The number of nitrogens with one attached hydrogen (secondary N) is 2. The Hall–Kier alpha value is -2.11. The number of carbonyl (C=O) groups is 1. The molecule has 1 amide bonds. The van der Waals surface area contributed by atoms with Gasteiger partial charge in [-0.15, -0.1) is 0 Å². The van der Waals surface area contributed by atoms with E-state index in [1.807, 2.05) is 20.8 Å². The van der Waals surface area contributed by atoms with Gasteiger partial charge in [0.1, 0.15) is 18.5 Å². The van der Waals surface area contributed by atoms with Gasteiger partial charge in [-0.1, -0.05) is 6.92 Å². The molecule has 6 nitrogen and oxygen atoms in total. The second kappa shape index (κ2) is 5.26. The zero-order chi connectivity index (χ0) is 14.0. The van der Waals surface area contributed by atoms with Crippen LogP contribution in [0.25, 0.3) is 11.0 Å². The minimum atomic E-state index is -0.200. The molecule has 2 N–H and O–H groups in total. The van der Waals surface area contributed by atoms with Crippen molar-refractivity contribution in [3.05, 3.63) is 28.4 Å². The van der Waals surface area contributed by atoms with Crippen LogP contribution in [0, 0.1) is 6.92 Å². The molecule has 19 heavy (non-hydrogen) atoms. The van der Waals surface area contributed by atoms with Crippen molar-refractivity contribution >= 4 is 16.9 Å². The first-order valence-electron chi connectivity index (χ1n) is 6.35. The lowest BCUT2D eigenvalue weighted by atomic mass is 10.2. The number of aromatic amines is 1. The van der Waals surface area contributed by atoms with E-state index in [0.717, 1.165) is 12.1 Å². The van der Waals surface area contributed by atoms with E-state index in [0.29, 0.717) is 11.0 Å². The van der Waals surface area contributed by atoms with E-state index in [9.17, 15) is 9.59 Å². The Labute approximate surface area is 110 Å². The zero-order valence-corrected chi connectivity index (χ0v) is 11.4. The van der Waals surface area contributed by atoms with E-state index < -0.39 is 0 Å². The fraction of sp³-hybridized carbons (Fsp3) is 0.462. The normalized spacial score (nSPS) is 12.6. The third-order valence-corrected chi connectivity index (χ3v) is 3.08. The lowest BCUT2D eigenvalue weighted by Crippen LogP contribution is -2.37. The summed E-state index contributed by atoms with van der Waals surface area (Å²) in [5.41, 5.74) is 1.23. The van der Waals surface area contributed by atoms with Gasteiger partial charge in [-0.3, -0.25) is 14.2 Å². The standard InChI is InChI=1S/C13H18N4O2/c1-4-8(2)15-11(18)6-17-7-14-12-10(13(17)19)5-9(3)16-12/h5,7-8,16H,4,6H2,1-3H3,(H,15,18). The second-order valence-electron chi connectivity index (χ2n) is 4.77. The van der Waals surface area contributed by atoms with Crippen molar-refractivity contribution in [1.82, 2.24) is 19.9 Å². The number of rotatable bonds is 4. The SMILES string of the molecule is CCC(C)NC(=O)Cn1cnc2[nH]c(C)cc2c1=O. The van der Waals surface area contributed by atoms with Gasteiger partial charge in [-0.05, 0) is 26.3 Å². The Morgan fingerprint density at radius 1 is 1.58 bits per heavy atom. The summed E-state index contributed by atoms with van der Waals surface area (Å²) in [6.45, 7) is 5.78. The fourth-order valence-electron chi connectivity index (χ4n) is 1.86. The molecule has 0 fully saturated rings. The zero-order valence-electron chi connectivity index (χ0n) is 11.4. The highest BCUT2D eigenvalue weighted by molar-refractivity contribution is 5.78. The number of aromatic nitrogens is 3. The van der Waals surface area contributed by atoms with E-state index in [-0.39, 0.29) is 24.1 Å². The number of amides is 1. The Balaban J connectivity index is 2.24. The van der Waals surface area contributed by atoms with Crippen LogP contribution in [-0.2, 0) is 11.3 Å². The van der Waals surface area contributed by atoms with Crippen LogP contribution >= 0.6 is 0 Å². The van der Waals surface area contributed by atoms with Gasteiger partial charge in [0.25, 0.3) is 5.56 Å². The Morgan fingerprint density at radius 2 is 2.32 bits per heavy atom. The monoisotopic (exact) mass is 262 g/mol. The van der Waals surface area contributed by atoms with Gasteiger partial charge in [-0.25, -0.2) is 4.98 Å². The highest BCUT2D eigenvalue weighted by atomic mass is 16.2. The smallest absolute Gasteiger partial charge is 0.263 e. The summed E-state index contributed by atoms with van der Waals surface area (Å²) in [5, 5.41) is 3.33. The molecule has 0 aliphatic heterocycles. The summed E-state index contributed by atoms with van der Waals surface area (Å²) >= 11 is 0. The molecule has 2 rings (SSSR count). The van der Waals surface area contributed by atoms with Crippen LogP contribution in [0.15, 0.2) is 17.2 Å². The first-order valence-corrected chi connectivity index (χ1v) is 6.35. The van der Waals surface area contributed by atoms with Gasteiger partial charge in [-0.2, -0.15) is 0 Å². The first kappa shape index (κ1) is 13.3. The Bertz CT molecular complexity index is 656. The van der Waals surface area contributed by atoms with E-state index in [1.54, 1.807) is 6.07 Å². The number of carbonyl (C=O) groups excluding carboxylic acids is 1. The van der Waals surface area contributed by atoms with E-state index in [4.69, 9.17) is 0 Å². The topological polar surface area (TPSA) is 79.8 Å². The number of nitrogens with zero attached hydrogens (tertiary/aromatic N) is 2. The lowest BCUT2D eigenvalue weighted by molar-refractivity contribution is -0.122. The summed E-state index contributed by atoms with van der Waals surface area (Å²) in [6, 6.07) is 1.85. The maximum atomic E-state index is 12.2. The van der Waals surface area contributed by atoms with Crippen LogP contribution in [0.4, 0.5) is 0 Å². The van der Waals surface area contributed by atoms with Crippen LogP contribution in [-0.4, -0.2) is 26.5 Å². The maximum Gasteiger partial charge on any atom is 0.263 e. The number of hydrogen-bond donors (Lipinski definition) is 2. The van der Waals surface area contributed by atoms with Crippen LogP contribution in [0.1, 0.15) is 26.0 Å². The van der Waals surface area contributed by atoms with Gasteiger partial charge in [0, 0.05) is 11.7 Å². The predicted octanol–water partition coefficient (Wildman–Crippen LogP) is 0.948. The summed E-state index contributed by atoms with van der Waals surface area (Å²) < 4.78 is 1.33. The molecule has 2 aromatic rings. The van der Waals surface area contributed by atoms with Gasteiger partial charge in [0.2, 0.25) is 5.91 Å². The molecular weight excluding hydrogens is 244 g/mol. The third-order valence-electron chi connectivity index (χ3n) is 3.08. The van der Waals surface area contributed by atoms with Crippen molar-refractivity contribution < 1.29 is 4.79 Å². The van der Waals surface area contributed by atoms with E-state index >= 15 is 0 Å². The molecule has 6 heteroatoms. The number of aryl methyl sites for hydroxylation is 1. The van der Waals surface area contributed by atoms with E-state index in [2.05, 4.69) is 15.3 Å². The predicted molar refractivity (Wildman–Crippen MR) is 73.0 cm³/mol. The van der Waals surface area contributed by atoms with Gasteiger partial charge in [0.05, 0.1) is 5.39 Å². The summed E-state index contributed by atoms with van der Waals surface area (Å²) in [6.07, 6.45) is 2.26. The van der Waals surface area contributed by atoms with Crippen LogP contribution < -0.4 is 10.9 Å². The molecule has 0 aliphatic carbocycles. The van der Waals surface area contributed by atoms with Gasteiger partial charge >= 0.3 is 0 Å². The second-order valence-corrected chi connectivity index (χ2v) is 4.77. The fourth-order valence-corrected chi connectivity index (χ4v) is 1.86. The van der Waals surface area contributed by atoms with Crippen molar-refractivity contribution in [3.63, 3.8) is 0 Å². The molecule has 0 aromatic carbocycles. The Kier molecular flexibility index (Phi) is 3.69. The van der Waals surface area contributed by atoms with E-state index in [1.165, 1.54) is 10.9 Å². The van der Waals surface area contributed by atoms with Gasteiger partial charge < -0.3 is 10.3 Å². The number of H-pyrrole nitrogens is 1. The van der Waals surface area contributed by atoms with Crippen molar-refractivity contribution in [3.8, 4) is 0 Å². The molecule has 102 valence electrons. The minimum Gasteiger partial charge on any atom is -0.352 e. The average Bonchev–Trinajstić information content (AvgIpc) is 2.74. The molecule has 2 aromatic heterocycles. The maximum absolute atomic E-state index is 12.2. The van der Waals surface area contributed by atoms with Crippen molar-refractivity contribution in [1.29, 1.82) is 0 Å². The van der Waals surface area contributed by atoms with Crippen LogP contribution in [0.5, 0.6) is 0 Å². The average molecular weight is 262 g/mol. The van der Waals surface area contributed by atoms with Crippen molar-refractivity contribution in [2.45, 2.75) is 39.8 Å². The molecule has 0 saturated heterocycles. The summed E-state index contributed by atoms with van der Waals surface area (Å²) in [7, 11) is 0. The highest BCUT2D eigenvalue weighted by Crippen LogP contribution is 2.06. The highest BCUT2D eigenvalue weighted by Gasteiger charge is 2.10. The lowest BCUT2D eigenvalue weighted by Gasteiger charge is -2.11. The number of hydrogen-bond acceptors (Lipinski definition) is 3. The van der Waals surface area contributed by atoms with Crippen molar-refractivity contribution in [2.75, 3.05) is 0 Å². The largest absolute Gasteiger partial charge is 0.352 e. The molecule has 0 bridgehead atoms. The molecular formula is C13H18N4O2. The number of fused-ring (bicyclic) bond motifs is 1. The molecule has 0 saturated carbocycles. The molecule has 0 spiro atoms. The molecule has 0 aliphatic rings. The molecule has 1 atom stereocenters. The molecule has 2 heterocycles. The quantitative estimate of drug-likeness (QED) is 0.860. The minimum absolute atomic E-state index is 0.00363. The molecule has 1 unspecified atom stereocenters. The van der Waals surface area contributed by atoms with Crippen LogP contribution in [0.2, 0.25) is 0 Å². The third kappa shape index (κ3) is 2.83. The van der Waals surface area contributed by atoms with Crippen LogP contribution in [0.3, 0.4) is 0 Å².